The van der Waals surface area contributed by atoms with Crippen LogP contribution < -0.4 is 5.56 Å². The Labute approximate surface area is 157 Å². The van der Waals surface area contributed by atoms with Crippen molar-refractivity contribution in [2.24, 2.45) is 0 Å². The molecule has 4 rings (SSSR count). The van der Waals surface area contributed by atoms with E-state index in [1.54, 1.807) is 36.4 Å². The maximum Gasteiger partial charge on any atom is 0.294 e. The van der Waals surface area contributed by atoms with Crippen LogP contribution in [-0.4, -0.2) is 24.3 Å². The largest absolute Gasteiger partial charge is 0.294 e. The summed E-state index contributed by atoms with van der Waals surface area (Å²) in [6, 6.07) is 13.4. The monoisotopic (exact) mass is 381 g/mol. The Kier molecular flexibility index (Phi) is 4.17. The second kappa shape index (κ2) is 6.65. The molecule has 0 saturated carbocycles. The van der Waals surface area contributed by atoms with Crippen LogP contribution in [0.4, 0.5) is 5.69 Å². The molecule has 0 amide bonds. The maximum absolute atomic E-state index is 12.8. The van der Waals surface area contributed by atoms with Gasteiger partial charge in [-0.25, -0.2) is 9.67 Å². The third-order valence-electron chi connectivity index (χ3n) is 4.10. The molecule has 9 heteroatoms. The van der Waals surface area contributed by atoms with Crippen molar-refractivity contribution < 1.29 is 4.92 Å². The molecule has 4 aromatic rings. The van der Waals surface area contributed by atoms with E-state index in [2.05, 4.69) is 10.1 Å². The lowest BCUT2D eigenvalue weighted by atomic mass is 10.2. The molecule has 0 N–H and O–H groups in total. The van der Waals surface area contributed by atoms with Crippen LogP contribution in [0, 0.1) is 10.1 Å². The van der Waals surface area contributed by atoms with E-state index >= 15 is 0 Å². The van der Waals surface area contributed by atoms with Crippen molar-refractivity contribution in [1.29, 1.82) is 0 Å². The topological polar surface area (TPSA) is 95.8 Å². The number of para-hydroxylation sites is 2. The normalized spacial score (nSPS) is 11.0. The van der Waals surface area contributed by atoms with Crippen molar-refractivity contribution in [3.8, 4) is 5.69 Å². The smallest absolute Gasteiger partial charge is 0.294 e. The van der Waals surface area contributed by atoms with Gasteiger partial charge in [0.05, 0.1) is 17.7 Å². The van der Waals surface area contributed by atoms with Gasteiger partial charge in [0, 0.05) is 11.1 Å². The number of nitrogens with zero attached hydrogens (tertiary/aromatic N) is 5. The average molecular weight is 382 g/mol. The summed E-state index contributed by atoms with van der Waals surface area (Å²) in [5, 5.41) is 16.3. The Balaban J connectivity index is 1.81. The average Bonchev–Trinajstić information content (AvgIpc) is 3.09. The molecule has 2 heterocycles. The van der Waals surface area contributed by atoms with Gasteiger partial charge in [-0.05, 0) is 23.8 Å². The molecule has 0 saturated heterocycles. The number of rotatable bonds is 4. The fraction of sp³-hybridized carbons (Fsp3) is 0.0556. The number of aromatic nitrogens is 4. The van der Waals surface area contributed by atoms with E-state index in [4.69, 9.17) is 11.6 Å². The third kappa shape index (κ3) is 3.06. The molecule has 2 aromatic carbocycles. The Morgan fingerprint density at radius 3 is 2.74 bits per heavy atom. The van der Waals surface area contributed by atoms with E-state index < -0.39 is 4.92 Å². The highest BCUT2D eigenvalue weighted by molar-refractivity contribution is 6.30. The zero-order valence-corrected chi connectivity index (χ0v) is 14.6. The number of nitro groups is 1. The number of halogens is 1. The second-order valence-electron chi connectivity index (χ2n) is 5.85. The van der Waals surface area contributed by atoms with Gasteiger partial charge >= 0.3 is 0 Å². The zero-order chi connectivity index (χ0) is 19.0. The van der Waals surface area contributed by atoms with Gasteiger partial charge in [0.1, 0.15) is 17.4 Å². The number of nitro benzene ring substituents is 1. The Morgan fingerprint density at radius 2 is 1.96 bits per heavy atom. The molecule has 27 heavy (non-hydrogen) atoms. The molecular formula is C18H12ClN5O3. The lowest BCUT2D eigenvalue weighted by Crippen LogP contribution is -2.21. The first kappa shape index (κ1) is 16.9. The Morgan fingerprint density at radius 1 is 1.15 bits per heavy atom. The highest BCUT2D eigenvalue weighted by atomic mass is 35.5. The summed E-state index contributed by atoms with van der Waals surface area (Å²) in [6.45, 7) is 0.305. The highest BCUT2D eigenvalue weighted by Gasteiger charge is 2.19. The summed E-state index contributed by atoms with van der Waals surface area (Å²) in [7, 11) is 0. The predicted octanol–water partition coefficient (Wildman–Crippen LogP) is 3.19. The van der Waals surface area contributed by atoms with E-state index in [1.165, 1.54) is 27.8 Å². The SMILES string of the molecule is O=c1c2cnn(-c3ccccc3[N+](=O)[O-])c2ncn1Cc1cccc(Cl)c1. The van der Waals surface area contributed by atoms with Crippen LogP contribution in [0.5, 0.6) is 0 Å². The molecule has 0 atom stereocenters. The quantitative estimate of drug-likeness (QED) is 0.399. The van der Waals surface area contributed by atoms with E-state index in [0.29, 0.717) is 11.6 Å². The summed E-state index contributed by atoms with van der Waals surface area (Å²) in [5.41, 5.74) is 0.961. The summed E-state index contributed by atoms with van der Waals surface area (Å²) in [4.78, 5) is 27.9. The molecule has 0 aliphatic carbocycles. The van der Waals surface area contributed by atoms with Crippen LogP contribution in [0.2, 0.25) is 5.02 Å². The molecule has 2 aromatic heterocycles. The van der Waals surface area contributed by atoms with Crippen LogP contribution in [-0.2, 0) is 6.54 Å². The van der Waals surface area contributed by atoms with Crippen molar-refractivity contribution in [2.75, 3.05) is 0 Å². The number of benzene rings is 2. The van der Waals surface area contributed by atoms with Crippen LogP contribution in [0.1, 0.15) is 5.56 Å². The number of hydrogen-bond donors (Lipinski definition) is 0. The first-order valence-electron chi connectivity index (χ1n) is 7.96. The van der Waals surface area contributed by atoms with Crippen LogP contribution in [0.15, 0.2) is 65.8 Å². The van der Waals surface area contributed by atoms with Gasteiger partial charge in [-0.1, -0.05) is 35.9 Å². The minimum Gasteiger partial charge on any atom is -0.294 e. The Hall–Kier alpha value is -3.52. The first-order chi connectivity index (χ1) is 13.0. The van der Waals surface area contributed by atoms with Gasteiger partial charge in [-0.3, -0.25) is 19.5 Å². The predicted molar refractivity (Wildman–Crippen MR) is 100 cm³/mol. The molecular weight excluding hydrogens is 370 g/mol. The molecule has 0 radical (unpaired) electrons. The number of hydrogen-bond acceptors (Lipinski definition) is 5. The minimum absolute atomic E-state index is 0.118. The minimum atomic E-state index is -0.497. The lowest BCUT2D eigenvalue weighted by Gasteiger charge is -2.07. The summed E-state index contributed by atoms with van der Waals surface area (Å²) in [6.07, 6.45) is 2.77. The Bertz CT molecular complexity index is 1230. The molecule has 8 nitrogen and oxygen atoms in total. The van der Waals surface area contributed by atoms with Gasteiger partial charge in [-0.15, -0.1) is 0 Å². The van der Waals surface area contributed by atoms with E-state index in [9.17, 15) is 14.9 Å². The molecule has 0 aliphatic heterocycles. The fourth-order valence-electron chi connectivity index (χ4n) is 2.87. The molecule has 0 fully saturated rings. The van der Waals surface area contributed by atoms with Gasteiger partial charge in [0.15, 0.2) is 5.65 Å². The van der Waals surface area contributed by atoms with Crippen molar-refractivity contribution >= 4 is 28.3 Å². The summed E-state index contributed by atoms with van der Waals surface area (Å²) < 4.78 is 2.75. The highest BCUT2D eigenvalue weighted by Crippen LogP contribution is 2.24. The summed E-state index contributed by atoms with van der Waals surface area (Å²) in [5.74, 6) is 0. The van der Waals surface area contributed by atoms with Crippen LogP contribution in [0.3, 0.4) is 0 Å². The maximum atomic E-state index is 12.8. The molecule has 134 valence electrons. The van der Waals surface area contributed by atoms with Crippen molar-refractivity contribution in [1.82, 2.24) is 19.3 Å². The first-order valence-corrected chi connectivity index (χ1v) is 8.34. The van der Waals surface area contributed by atoms with E-state index in [-0.39, 0.29) is 28.0 Å². The molecule has 0 bridgehead atoms. The summed E-state index contributed by atoms with van der Waals surface area (Å²) >= 11 is 5.99. The van der Waals surface area contributed by atoms with Gasteiger partial charge < -0.3 is 0 Å². The standard InChI is InChI=1S/C18H12ClN5O3/c19-13-5-3-4-12(8-13)10-22-11-20-17-14(18(22)25)9-21-23(17)15-6-1-2-7-16(15)24(26)27/h1-9,11H,10H2. The van der Waals surface area contributed by atoms with Crippen molar-refractivity contribution in [2.45, 2.75) is 6.54 Å². The lowest BCUT2D eigenvalue weighted by molar-refractivity contribution is -0.384. The van der Waals surface area contributed by atoms with E-state index in [0.717, 1.165) is 5.56 Å². The van der Waals surface area contributed by atoms with E-state index in [1.807, 2.05) is 6.07 Å². The second-order valence-corrected chi connectivity index (χ2v) is 6.28. The fourth-order valence-corrected chi connectivity index (χ4v) is 3.08. The number of fused-ring (bicyclic) bond motifs is 1. The van der Waals surface area contributed by atoms with Gasteiger partial charge in [0.2, 0.25) is 0 Å². The van der Waals surface area contributed by atoms with Gasteiger partial charge in [-0.2, -0.15) is 5.10 Å². The zero-order valence-electron chi connectivity index (χ0n) is 13.8. The van der Waals surface area contributed by atoms with Crippen LogP contribution >= 0.6 is 11.6 Å². The van der Waals surface area contributed by atoms with Crippen molar-refractivity contribution in [3.63, 3.8) is 0 Å². The van der Waals surface area contributed by atoms with Gasteiger partial charge in [0.25, 0.3) is 11.2 Å². The molecule has 0 unspecified atom stereocenters. The molecule has 0 spiro atoms. The van der Waals surface area contributed by atoms with Crippen molar-refractivity contribution in [3.05, 3.63) is 92.1 Å². The van der Waals surface area contributed by atoms with Crippen LogP contribution in [0.25, 0.3) is 16.7 Å². The third-order valence-corrected chi connectivity index (χ3v) is 4.34. The molecule has 0 aliphatic rings.